The van der Waals surface area contributed by atoms with Crippen LogP contribution in [0.1, 0.15) is 27.7 Å². The Bertz CT molecular complexity index is 669. The molecule has 0 unspecified atom stereocenters. The maximum Gasteiger partial charge on any atom is 0.495 e. The van der Waals surface area contributed by atoms with E-state index in [1.54, 1.807) is 0 Å². The van der Waals surface area contributed by atoms with E-state index >= 15 is 0 Å². The van der Waals surface area contributed by atoms with Crippen molar-refractivity contribution >= 4 is 31.1 Å². The molecule has 0 spiro atoms. The SMILES string of the molecule is C[P@@](c1ccccc1)c1ccccc1B1OC(C)(C)C(C)(C)O1. The fourth-order valence-electron chi connectivity index (χ4n) is 2.75. The minimum atomic E-state index is -0.429. The molecule has 1 saturated heterocycles. The fraction of sp³-hybridized carbons (Fsp3) is 0.368. The molecule has 4 heteroatoms. The van der Waals surface area contributed by atoms with Gasteiger partial charge < -0.3 is 9.31 Å². The molecule has 1 heterocycles. The lowest BCUT2D eigenvalue weighted by Crippen LogP contribution is -2.43. The zero-order valence-corrected chi connectivity index (χ0v) is 15.4. The second-order valence-corrected chi connectivity index (χ2v) is 9.16. The van der Waals surface area contributed by atoms with Crippen molar-refractivity contribution in [1.82, 2.24) is 0 Å². The summed E-state index contributed by atoms with van der Waals surface area (Å²) in [5.41, 5.74) is 0.533. The lowest BCUT2D eigenvalue weighted by atomic mass is 9.79. The first-order chi connectivity index (χ1) is 10.8. The average Bonchev–Trinajstić information content (AvgIpc) is 2.75. The van der Waals surface area contributed by atoms with Gasteiger partial charge in [-0.1, -0.05) is 54.6 Å². The molecule has 0 N–H and O–H groups in total. The quantitative estimate of drug-likeness (QED) is 0.638. The van der Waals surface area contributed by atoms with Crippen molar-refractivity contribution in [3.63, 3.8) is 0 Å². The van der Waals surface area contributed by atoms with Gasteiger partial charge in [0.25, 0.3) is 0 Å². The van der Waals surface area contributed by atoms with Crippen LogP contribution in [0.3, 0.4) is 0 Å². The van der Waals surface area contributed by atoms with Crippen molar-refractivity contribution in [3.8, 4) is 0 Å². The number of benzene rings is 2. The largest absolute Gasteiger partial charge is 0.495 e. The van der Waals surface area contributed by atoms with E-state index in [1.807, 2.05) is 0 Å². The van der Waals surface area contributed by atoms with E-state index in [0.29, 0.717) is 0 Å². The molecule has 0 saturated carbocycles. The smallest absolute Gasteiger partial charge is 0.399 e. The van der Waals surface area contributed by atoms with Crippen molar-refractivity contribution in [2.24, 2.45) is 0 Å². The van der Waals surface area contributed by atoms with Crippen molar-refractivity contribution in [3.05, 3.63) is 54.6 Å². The maximum absolute atomic E-state index is 6.26. The Morgan fingerprint density at radius 3 is 1.91 bits per heavy atom. The minimum Gasteiger partial charge on any atom is -0.399 e. The van der Waals surface area contributed by atoms with Crippen LogP contribution in [0, 0.1) is 0 Å². The van der Waals surface area contributed by atoms with Gasteiger partial charge in [-0.15, -0.1) is 0 Å². The molecule has 120 valence electrons. The van der Waals surface area contributed by atoms with Gasteiger partial charge >= 0.3 is 7.12 Å². The van der Waals surface area contributed by atoms with Crippen molar-refractivity contribution < 1.29 is 9.31 Å². The molecule has 23 heavy (non-hydrogen) atoms. The van der Waals surface area contributed by atoms with E-state index in [1.165, 1.54) is 10.6 Å². The van der Waals surface area contributed by atoms with Gasteiger partial charge in [0.2, 0.25) is 0 Å². The third kappa shape index (κ3) is 3.11. The van der Waals surface area contributed by atoms with Gasteiger partial charge in [0.05, 0.1) is 11.2 Å². The normalized spacial score (nSPS) is 20.5. The van der Waals surface area contributed by atoms with Gasteiger partial charge in [-0.25, -0.2) is 0 Å². The van der Waals surface area contributed by atoms with E-state index in [9.17, 15) is 0 Å². The molecule has 1 aliphatic heterocycles. The first kappa shape index (κ1) is 16.7. The second-order valence-electron chi connectivity index (χ2n) is 7.04. The van der Waals surface area contributed by atoms with Crippen molar-refractivity contribution in [2.75, 3.05) is 6.66 Å². The summed E-state index contributed by atoms with van der Waals surface area (Å²) in [5, 5.41) is 2.69. The first-order valence-corrected chi connectivity index (χ1v) is 9.84. The number of rotatable bonds is 3. The van der Waals surface area contributed by atoms with E-state index in [4.69, 9.17) is 9.31 Å². The summed E-state index contributed by atoms with van der Waals surface area (Å²) in [6.45, 7) is 10.7. The van der Waals surface area contributed by atoms with Gasteiger partial charge in [0.1, 0.15) is 0 Å². The molecule has 0 radical (unpaired) electrons. The molecule has 0 amide bonds. The van der Waals surface area contributed by atoms with Gasteiger partial charge in [-0.05, 0) is 58.4 Å². The predicted octanol–water partition coefficient (Wildman–Crippen LogP) is 3.05. The summed E-state index contributed by atoms with van der Waals surface area (Å²) < 4.78 is 12.5. The predicted molar refractivity (Wildman–Crippen MR) is 101 cm³/mol. The fourth-order valence-corrected chi connectivity index (χ4v) is 4.53. The molecule has 1 aliphatic rings. The van der Waals surface area contributed by atoms with Crippen LogP contribution in [-0.2, 0) is 9.31 Å². The standard InChI is InChI=1S/C19H24BO2P/c1-18(2)19(3,4)22-20(21-18)16-13-9-10-14-17(16)23(5)15-11-7-6-8-12-15/h6-14H,1-5H3/t23-/m0/s1. The molecule has 0 aromatic heterocycles. The summed E-state index contributed by atoms with van der Waals surface area (Å²) in [4.78, 5) is 0. The summed E-state index contributed by atoms with van der Waals surface area (Å²) in [5.74, 6) is 0. The lowest BCUT2D eigenvalue weighted by molar-refractivity contribution is 0.00578. The highest BCUT2D eigenvalue weighted by molar-refractivity contribution is 7.72. The first-order valence-electron chi connectivity index (χ1n) is 8.05. The summed E-state index contributed by atoms with van der Waals surface area (Å²) in [6.07, 6.45) is 0. The lowest BCUT2D eigenvalue weighted by Gasteiger charge is -2.32. The van der Waals surface area contributed by atoms with E-state index in [2.05, 4.69) is 89.0 Å². The molecule has 2 aromatic rings. The van der Waals surface area contributed by atoms with Crippen LogP contribution >= 0.6 is 7.92 Å². The van der Waals surface area contributed by atoms with Crippen molar-refractivity contribution in [2.45, 2.75) is 38.9 Å². The topological polar surface area (TPSA) is 18.5 Å². The van der Waals surface area contributed by atoms with Crippen LogP contribution < -0.4 is 16.1 Å². The number of hydrogen-bond acceptors (Lipinski definition) is 2. The van der Waals surface area contributed by atoms with Crippen LogP contribution in [0.15, 0.2) is 54.6 Å². The van der Waals surface area contributed by atoms with E-state index in [-0.39, 0.29) is 18.3 Å². The Morgan fingerprint density at radius 1 is 0.783 bits per heavy atom. The number of hydrogen-bond donors (Lipinski definition) is 0. The van der Waals surface area contributed by atoms with Crippen LogP contribution in [0.5, 0.6) is 0 Å². The minimum absolute atomic E-state index is 0.301. The Morgan fingerprint density at radius 2 is 1.30 bits per heavy atom. The van der Waals surface area contributed by atoms with Crippen LogP contribution in [0.2, 0.25) is 0 Å². The molecule has 3 rings (SSSR count). The van der Waals surface area contributed by atoms with Gasteiger partial charge in [-0.2, -0.15) is 0 Å². The van der Waals surface area contributed by atoms with Gasteiger partial charge in [0, 0.05) is 0 Å². The Hall–Kier alpha value is -1.15. The maximum atomic E-state index is 6.26. The van der Waals surface area contributed by atoms with Crippen LogP contribution in [0.4, 0.5) is 0 Å². The molecule has 2 aromatic carbocycles. The molecular formula is C19H24BO2P. The highest BCUT2D eigenvalue weighted by atomic mass is 31.1. The highest BCUT2D eigenvalue weighted by Crippen LogP contribution is 2.37. The third-order valence-corrected chi connectivity index (χ3v) is 7.15. The van der Waals surface area contributed by atoms with E-state index < -0.39 is 7.92 Å². The third-order valence-electron chi connectivity index (χ3n) is 4.95. The summed E-state index contributed by atoms with van der Waals surface area (Å²) in [6, 6.07) is 19.2. The average molecular weight is 326 g/mol. The molecular weight excluding hydrogens is 302 g/mol. The molecule has 1 fully saturated rings. The van der Waals surface area contributed by atoms with Crippen LogP contribution in [-0.4, -0.2) is 25.0 Å². The van der Waals surface area contributed by atoms with Crippen molar-refractivity contribution in [1.29, 1.82) is 0 Å². The van der Waals surface area contributed by atoms with E-state index in [0.717, 1.165) is 5.46 Å². The molecule has 2 nitrogen and oxygen atoms in total. The monoisotopic (exact) mass is 326 g/mol. The second kappa shape index (κ2) is 6.05. The zero-order valence-electron chi connectivity index (χ0n) is 14.5. The molecule has 0 bridgehead atoms. The summed E-state index contributed by atoms with van der Waals surface area (Å²) in [7, 11) is -0.730. The summed E-state index contributed by atoms with van der Waals surface area (Å²) >= 11 is 0. The Balaban J connectivity index is 1.97. The Kier molecular flexibility index (Phi) is 4.40. The van der Waals surface area contributed by atoms with Gasteiger partial charge in [0.15, 0.2) is 0 Å². The molecule has 0 aliphatic carbocycles. The zero-order chi connectivity index (χ0) is 16.7. The van der Waals surface area contributed by atoms with Gasteiger partial charge in [-0.3, -0.25) is 0 Å². The van der Waals surface area contributed by atoms with Crippen LogP contribution in [0.25, 0.3) is 0 Å². The Labute approximate surface area is 141 Å². The molecule has 1 atom stereocenters. The highest BCUT2D eigenvalue weighted by Gasteiger charge is 2.52.